The van der Waals surface area contributed by atoms with Crippen molar-refractivity contribution in [2.45, 2.75) is 19.6 Å². The zero-order valence-corrected chi connectivity index (χ0v) is 15.6. The molecule has 0 unspecified atom stereocenters. The van der Waals surface area contributed by atoms with Gasteiger partial charge in [0, 0.05) is 5.39 Å². The van der Waals surface area contributed by atoms with Crippen molar-refractivity contribution in [3.05, 3.63) is 65.4 Å². The van der Waals surface area contributed by atoms with Crippen LogP contribution in [0.4, 0.5) is 0 Å². The minimum absolute atomic E-state index is 0.0217. The van der Waals surface area contributed by atoms with Crippen LogP contribution in [-0.4, -0.2) is 36.7 Å². The first-order valence-electron chi connectivity index (χ1n) is 8.71. The van der Waals surface area contributed by atoms with E-state index in [4.69, 9.17) is 13.9 Å². The quantitative estimate of drug-likeness (QED) is 0.620. The Morgan fingerprint density at radius 2 is 1.96 bits per heavy atom. The van der Waals surface area contributed by atoms with Crippen LogP contribution >= 0.6 is 0 Å². The number of hydrogen-bond donors (Lipinski definition) is 2. The van der Waals surface area contributed by atoms with Gasteiger partial charge in [0.25, 0.3) is 5.91 Å². The Morgan fingerprint density at radius 1 is 1.18 bits per heavy atom. The molecule has 0 aliphatic rings. The topological polar surface area (TPSA) is 98.0 Å². The highest BCUT2D eigenvalue weighted by atomic mass is 16.5. The van der Waals surface area contributed by atoms with Crippen LogP contribution in [-0.2, 0) is 16.1 Å². The second-order valence-corrected chi connectivity index (χ2v) is 6.32. The summed E-state index contributed by atoms with van der Waals surface area (Å²) in [6.07, 6.45) is 0. The lowest BCUT2D eigenvalue weighted by atomic mass is 10.1. The van der Waals surface area contributed by atoms with E-state index in [9.17, 15) is 14.7 Å². The Kier molecular flexibility index (Phi) is 5.96. The van der Waals surface area contributed by atoms with Crippen molar-refractivity contribution in [1.82, 2.24) is 5.32 Å². The predicted octanol–water partition coefficient (Wildman–Crippen LogP) is 3.15. The summed E-state index contributed by atoms with van der Waals surface area (Å²) in [4.78, 5) is 23.9. The Hall–Kier alpha value is -3.32. The predicted molar refractivity (Wildman–Crippen MR) is 102 cm³/mol. The number of carboxylic acids is 1. The van der Waals surface area contributed by atoms with Crippen LogP contribution < -0.4 is 10.1 Å². The minimum atomic E-state index is -1.20. The van der Waals surface area contributed by atoms with E-state index in [-0.39, 0.29) is 19.0 Å². The van der Waals surface area contributed by atoms with E-state index in [0.717, 1.165) is 11.1 Å². The van der Waals surface area contributed by atoms with Crippen molar-refractivity contribution in [2.24, 2.45) is 0 Å². The molecule has 3 aromatic rings. The fraction of sp³-hybridized carbons (Fsp3) is 0.238. The van der Waals surface area contributed by atoms with Crippen LogP contribution in [0.5, 0.6) is 5.75 Å². The van der Waals surface area contributed by atoms with Gasteiger partial charge < -0.3 is 24.3 Å². The summed E-state index contributed by atoms with van der Waals surface area (Å²) in [6.45, 7) is 2.05. The Morgan fingerprint density at radius 3 is 2.68 bits per heavy atom. The molecule has 0 spiro atoms. The van der Waals surface area contributed by atoms with E-state index in [1.807, 2.05) is 31.2 Å². The number of hydrogen-bond acceptors (Lipinski definition) is 5. The van der Waals surface area contributed by atoms with Gasteiger partial charge in [0.15, 0.2) is 11.8 Å². The van der Waals surface area contributed by atoms with E-state index in [1.54, 1.807) is 31.4 Å². The second-order valence-electron chi connectivity index (χ2n) is 6.32. The molecule has 146 valence electrons. The molecule has 2 N–H and O–H groups in total. The highest BCUT2D eigenvalue weighted by Gasteiger charge is 2.23. The number of carboxylic acid groups (broad SMARTS) is 1. The molecule has 1 amide bonds. The first-order valence-corrected chi connectivity index (χ1v) is 8.71. The number of carbonyl (C=O) groups excluding carboxylic acids is 1. The molecule has 0 radical (unpaired) electrons. The summed E-state index contributed by atoms with van der Waals surface area (Å²) in [7, 11) is 1.54. The van der Waals surface area contributed by atoms with Crippen molar-refractivity contribution in [3.8, 4) is 5.75 Å². The van der Waals surface area contributed by atoms with Crippen LogP contribution in [0.15, 0.2) is 52.9 Å². The van der Waals surface area contributed by atoms with Gasteiger partial charge in [-0.1, -0.05) is 24.3 Å². The summed E-state index contributed by atoms with van der Waals surface area (Å²) in [5, 5.41) is 12.5. The second kappa shape index (κ2) is 8.58. The molecular weight excluding hydrogens is 362 g/mol. The summed E-state index contributed by atoms with van der Waals surface area (Å²) in [5.74, 6) is -1.15. The smallest absolute Gasteiger partial charge is 0.328 e. The molecule has 28 heavy (non-hydrogen) atoms. The van der Waals surface area contributed by atoms with Crippen molar-refractivity contribution in [2.75, 3.05) is 13.7 Å². The Bertz CT molecular complexity index is 993. The van der Waals surface area contributed by atoms with Gasteiger partial charge in [-0.15, -0.1) is 0 Å². The molecule has 0 bridgehead atoms. The number of methoxy groups -OCH3 is 1. The Labute approximate surface area is 161 Å². The number of aryl methyl sites for hydroxylation is 1. The van der Waals surface area contributed by atoms with Crippen LogP contribution in [0.25, 0.3) is 11.0 Å². The fourth-order valence-electron chi connectivity index (χ4n) is 2.72. The number of furan rings is 1. The maximum atomic E-state index is 12.4. The zero-order valence-electron chi connectivity index (χ0n) is 15.6. The first kappa shape index (κ1) is 19.4. The van der Waals surface area contributed by atoms with Crippen molar-refractivity contribution < 1.29 is 28.6 Å². The number of aliphatic carboxylic acids is 1. The van der Waals surface area contributed by atoms with E-state index in [1.165, 1.54) is 0 Å². The first-order chi connectivity index (χ1) is 13.5. The number of benzene rings is 2. The molecule has 0 fully saturated rings. The van der Waals surface area contributed by atoms with E-state index in [0.29, 0.717) is 16.7 Å². The monoisotopic (exact) mass is 383 g/mol. The van der Waals surface area contributed by atoms with Gasteiger partial charge in [-0.25, -0.2) is 4.79 Å². The third kappa shape index (κ3) is 4.50. The molecular formula is C21H21NO6. The zero-order chi connectivity index (χ0) is 20.1. The molecule has 1 atom stereocenters. The van der Waals surface area contributed by atoms with Gasteiger partial charge in [0.05, 0.1) is 20.3 Å². The van der Waals surface area contributed by atoms with Crippen LogP contribution in [0.3, 0.4) is 0 Å². The van der Waals surface area contributed by atoms with Crippen LogP contribution in [0, 0.1) is 6.92 Å². The molecule has 0 saturated carbocycles. The van der Waals surface area contributed by atoms with Gasteiger partial charge in [0.2, 0.25) is 0 Å². The molecule has 7 heteroatoms. The number of amides is 1. The molecule has 2 aromatic carbocycles. The summed E-state index contributed by atoms with van der Waals surface area (Å²) < 4.78 is 16.1. The highest BCUT2D eigenvalue weighted by molar-refractivity contribution is 5.98. The summed E-state index contributed by atoms with van der Waals surface area (Å²) in [6, 6.07) is 13.1. The maximum Gasteiger partial charge on any atom is 0.328 e. The van der Waals surface area contributed by atoms with Crippen LogP contribution in [0.2, 0.25) is 0 Å². The SMILES string of the molecule is COc1ccc2oc(C(=O)N[C@@H](COCc3ccccc3C)C(=O)O)cc2c1. The number of carbonyl (C=O) groups is 2. The number of rotatable bonds is 8. The summed E-state index contributed by atoms with van der Waals surface area (Å²) in [5.41, 5.74) is 2.52. The third-order valence-corrected chi connectivity index (χ3v) is 4.35. The molecule has 0 aliphatic carbocycles. The van der Waals surface area contributed by atoms with Crippen molar-refractivity contribution >= 4 is 22.8 Å². The largest absolute Gasteiger partial charge is 0.497 e. The van der Waals surface area contributed by atoms with Gasteiger partial charge in [-0.3, -0.25) is 4.79 Å². The maximum absolute atomic E-state index is 12.4. The molecule has 0 aliphatic heterocycles. The fourth-order valence-corrected chi connectivity index (χ4v) is 2.72. The molecule has 0 saturated heterocycles. The average Bonchev–Trinajstić information content (AvgIpc) is 3.11. The number of ether oxygens (including phenoxy) is 2. The molecule has 1 aromatic heterocycles. The van der Waals surface area contributed by atoms with Gasteiger partial charge in [-0.2, -0.15) is 0 Å². The third-order valence-electron chi connectivity index (χ3n) is 4.35. The van der Waals surface area contributed by atoms with E-state index < -0.39 is 17.9 Å². The van der Waals surface area contributed by atoms with Gasteiger partial charge in [0.1, 0.15) is 11.3 Å². The van der Waals surface area contributed by atoms with Crippen molar-refractivity contribution in [3.63, 3.8) is 0 Å². The normalized spacial score (nSPS) is 11.9. The van der Waals surface area contributed by atoms with Crippen molar-refractivity contribution in [1.29, 1.82) is 0 Å². The lowest BCUT2D eigenvalue weighted by Crippen LogP contribution is -2.43. The van der Waals surface area contributed by atoms with Gasteiger partial charge >= 0.3 is 5.97 Å². The standard InChI is InChI=1S/C21H21NO6/c1-13-5-3-4-6-14(13)11-27-12-17(21(24)25)22-20(23)19-10-15-9-16(26-2)7-8-18(15)28-19/h3-10,17H,11-12H2,1-2H3,(H,22,23)(H,24,25)/t17-/m0/s1. The van der Waals surface area contributed by atoms with E-state index >= 15 is 0 Å². The van der Waals surface area contributed by atoms with Crippen LogP contribution in [0.1, 0.15) is 21.7 Å². The minimum Gasteiger partial charge on any atom is -0.497 e. The summed E-state index contributed by atoms with van der Waals surface area (Å²) >= 11 is 0. The molecule has 3 rings (SSSR count). The lowest BCUT2D eigenvalue weighted by Gasteiger charge is -2.14. The Balaban J connectivity index is 1.64. The molecule has 1 heterocycles. The van der Waals surface area contributed by atoms with Gasteiger partial charge in [-0.05, 0) is 42.3 Å². The average molecular weight is 383 g/mol. The lowest BCUT2D eigenvalue weighted by molar-refractivity contribution is -0.141. The van der Waals surface area contributed by atoms with E-state index in [2.05, 4.69) is 5.32 Å². The number of nitrogens with one attached hydrogen (secondary N) is 1. The molecule has 7 nitrogen and oxygen atoms in total. The number of fused-ring (bicyclic) bond motifs is 1. The highest BCUT2D eigenvalue weighted by Crippen LogP contribution is 2.24.